The van der Waals surface area contributed by atoms with Crippen molar-refractivity contribution in [1.82, 2.24) is 4.98 Å². The Labute approximate surface area is 85.9 Å². The van der Waals surface area contributed by atoms with Gasteiger partial charge in [-0.05, 0) is 18.2 Å². The fraction of sp³-hybridized carbons (Fsp3) is 0.100. The van der Waals surface area contributed by atoms with Gasteiger partial charge in [0.2, 0.25) is 0 Å². The lowest BCUT2D eigenvalue weighted by Crippen LogP contribution is -1.85. The van der Waals surface area contributed by atoms with Crippen LogP contribution in [0.15, 0.2) is 24.3 Å². The molecule has 0 unspecified atom stereocenters. The van der Waals surface area contributed by atoms with E-state index in [9.17, 15) is 5.11 Å². The first kappa shape index (κ1) is 9.09. The molecule has 14 heavy (non-hydrogen) atoms. The topological polar surface area (TPSA) is 42.4 Å². The van der Waals surface area contributed by atoms with E-state index in [0.717, 1.165) is 5.39 Å². The molecule has 2 rings (SSSR count). The Morgan fingerprint density at radius 2 is 2.14 bits per heavy atom. The molecule has 0 spiro atoms. The van der Waals surface area contributed by atoms with Crippen LogP contribution in [0.1, 0.15) is 0 Å². The number of halogens is 1. The smallest absolute Gasteiger partial charge is 0.161 e. The molecule has 0 fully saturated rings. The maximum atomic E-state index is 9.49. The van der Waals surface area contributed by atoms with Crippen molar-refractivity contribution < 1.29 is 9.84 Å². The zero-order chi connectivity index (χ0) is 10.1. The fourth-order valence-corrected chi connectivity index (χ4v) is 1.43. The summed E-state index contributed by atoms with van der Waals surface area (Å²) in [5, 5.41) is 10.8. The van der Waals surface area contributed by atoms with Crippen molar-refractivity contribution in [3.05, 3.63) is 29.4 Å². The highest BCUT2D eigenvalue weighted by molar-refractivity contribution is 6.29. The number of phenolic OH excluding ortho intramolecular Hbond substituents is 1. The maximum Gasteiger partial charge on any atom is 0.161 e. The molecule has 0 saturated heterocycles. The van der Waals surface area contributed by atoms with Gasteiger partial charge in [-0.1, -0.05) is 11.6 Å². The molecule has 0 saturated carbocycles. The van der Waals surface area contributed by atoms with Crippen molar-refractivity contribution in [3.8, 4) is 11.5 Å². The molecule has 3 nitrogen and oxygen atoms in total. The standard InChI is InChI=1S/C10H8ClNO2/c1-14-9-4-6-2-3-10(11)12-7(6)5-8(9)13/h2-5,13H,1H3. The second-order valence-electron chi connectivity index (χ2n) is 2.85. The van der Waals surface area contributed by atoms with E-state index in [1.54, 1.807) is 12.1 Å². The van der Waals surface area contributed by atoms with Crippen LogP contribution in [-0.2, 0) is 0 Å². The number of pyridine rings is 1. The van der Waals surface area contributed by atoms with E-state index < -0.39 is 0 Å². The molecule has 1 heterocycles. The van der Waals surface area contributed by atoms with Gasteiger partial charge in [-0.25, -0.2) is 4.98 Å². The molecule has 0 aliphatic carbocycles. The van der Waals surface area contributed by atoms with Gasteiger partial charge in [0.1, 0.15) is 5.15 Å². The molecule has 0 amide bonds. The van der Waals surface area contributed by atoms with E-state index in [1.807, 2.05) is 6.07 Å². The molecule has 0 aliphatic rings. The predicted octanol–water partition coefficient (Wildman–Crippen LogP) is 2.60. The van der Waals surface area contributed by atoms with Crippen LogP contribution in [0, 0.1) is 0 Å². The lowest BCUT2D eigenvalue weighted by atomic mass is 10.2. The average molecular weight is 210 g/mol. The predicted molar refractivity (Wildman–Crippen MR) is 55.0 cm³/mol. The van der Waals surface area contributed by atoms with Gasteiger partial charge in [-0.15, -0.1) is 0 Å². The van der Waals surface area contributed by atoms with E-state index in [1.165, 1.54) is 13.2 Å². The van der Waals surface area contributed by atoms with Crippen molar-refractivity contribution in [3.63, 3.8) is 0 Å². The van der Waals surface area contributed by atoms with Crippen molar-refractivity contribution in [2.45, 2.75) is 0 Å². The molecule has 1 aromatic carbocycles. The minimum atomic E-state index is 0.0646. The molecular weight excluding hydrogens is 202 g/mol. The first-order valence-corrected chi connectivity index (χ1v) is 4.42. The van der Waals surface area contributed by atoms with E-state index >= 15 is 0 Å². The summed E-state index contributed by atoms with van der Waals surface area (Å²) >= 11 is 5.72. The van der Waals surface area contributed by atoms with Gasteiger partial charge in [0.25, 0.3) is 0 Å². The normalized spacial score (nSPS) is 10.4. The van der Waals surface area contributed by atoms with Crippen molar-refractivity contribution in [2.75, 3.05) is 7.11 Å². The third kappa shape index (κ3) is 1.46. The highest BCUT2D eigenvalue weighted by Gasteiger charge is 2.04. The SMILES string of the molecule is COc1cc2ccc(Cl)nc2cc1O. The number of ether oxygens (including phenoxy) is 1. The zero-order valence-corrected chi connectivity index (χ0v) is 8.25. The number of nitrogens with zero attached hydrogens (tertiary/aromatic N) is 1. The minimum absolute atomic E-state index is 0.0646. The molecule has 1 aromatic heterocycles. The van der Waals surface area contributed by atoms with Gasteiger partial charge in [-0.2, -0.15) is 0 Å². The Morgan fingerprint density at radius 1 is 1.36 bits per heavy atom. The number of benzene rings is 1. The van der Waals surface area contributed by atoms with Crippen LogP contribution < -0.4 is 4.74 Å². The van der Waals surface area contributed by atoms with Crippen LogP contribution in [0.25, 0.3) is 10.9 Å². The minimum Gasteiger partial charge on any atom is -0.504 e. The van der Waals surface area contributed by atoms with Gasteiger partial charge in [0.15, 0.2) is 11.5 Å². The number of phenols is 1. The van der Waals surface area contributed by atoms with Crippen LogP contribution >= 0.6 is 11.6 Å². The van der Waals surface area contributed by atoms with Crippen LogP contribution in [0.3, 0.4) is 0 Å². The maximum absolute atomic E-state index is 9.49. The van der Waals surface area contributed by atoms with Crippen LogP contribution in [0.4, 0.5) is 0 Å². The van der Waals surface area contributed by atoms with Crippen molar-refractivity contribution >= 4 is 22.5 Å². The lowest BCUT2D eigenvalue weighted by molar-refractivity contribution is 0.374. The molecule has 72 valence electrons. The quantitative estimate of drug-likeness (QED) is 0.735. The third-order valence-electron chi connectivity index (χ3n) is 1.96. The Bertz CT molecular complexity index is 485. The van der Waals surface area contributed by atoms with Crippen LogP contribution in [0.5, 0.6) is 11.5 Å². The zero-order valence-electron chi connectivity index (χ0n) is 7.49. The van der Waals surface area contributed by atoms with Gasteiger partial charge in [0, 0.05) is 11.5 Å². The molecule has 4 heteroatoms. The number of fused-ring (bicyclic) bond motifs is 1. The number of rotatable bonds is 1. The second kappa shape index (κ2) is 3.35. The molecule has 0 aliphatic heterocycles. The van der Waals surface area contributed by atoms with Crippen molar-refractivity contribution in [1.29, 1.82) is 0 Å². The highest BCUT2D eigenvalue weighted by Crippen LogP contribution is 2.30. The molecular formula is C10H8ClNO2. The summed E-state index contributed by atoms with van der Waals surface area (Å²) in [5.74, 6) is 0.497. The van der Waals surface area contributed by atoms with Crippen LogP contribution in [-0.4, -0.2) is 17.2 Å². The summed E-state index contributed by atoms with van der Waals surface area (Å²) in [6.45, 7) is 0. The molecule has 1 N–H and O–H groups in total. The number of hydrogen-bond donors (Lipinski definition) is 1. The number of hydrogen-bond acceptors (Lipinski definition) is 3. The Morgan fingerprint density at radius 3 is 2.86 bits per heavy atom. The lowest BCUT2D eigenvalue weighted by Gasteiger charge is -2.04. The average Bonchev–Trinajstić information content (AvgIpc) is 2.16. The Kier molecular flexibility index (Phi) is 2.17. The van der Waals surface area contributed by atoms with Crippen LogP contribution in [0.2, 0.25) is 5.15 Å². The molecule has 0 atom stereocenters. The summed E-state index contributed by atoms with van der Waals surface area (Å²) in [6, 6.07) is 6.76. The first-order valence-electron chi connectivity index (χ1n) is 4.04. The molecule has 0 radical (unpaired) electrons. The highest BCUT2D eigenvalue weighted by atomic mass is 35.5. The summed E-state index contributed by atoms with van der Waals surface area (Å²) in [5.41, 5.74) is 0.649. The molecule has 2 aromatic rings. The van der Waals surface area contributed by atoms with Gasteiger partial charge < -0.3 is 9.84 Å². The van der Waals surface area contributed by atoms with E-state index in [4.69, 9.17) is 16.3 Å². The first-order chi connectivity index (χ1) is 6.70. The summed E-state index contributed by atoms with van der Waals surface area (Å²) in [6.07, 6.45) is 0. The Hall–Kier alpha value is -1.48. The third-order valence-corrected chi connectivity index (χ3v) is 2.17. The Balaban J connectivity index is 2.73. The van der Waals surface area contributed by atoms with Gasteiger partial charge >= 0.3 is 0 Å². The van der Waals surface area contributed by atoms with E-state index in [-0.39, 0.29) is 5.75 Å². The van der Waals surface area contributed by atoms with E-state index in [0.29, 0.717) is 16.4 Å². The number of aromatic nitrogens is 1. The monoisotopic (exact) mass is 209 g/mol. The molecule has 0 bridgehead atoms. The van der Waals surface area contributed by atoms with Crippen molar-refractivity contribution in [2.24, 2.45) is 0 Å². The van der Waals surface area contributed by atoms with Gasteiger partial charge in [-0.3, -0.25) is 0 Å². The number of aromatic hydroxyl groups is 1. The summed E-state index contributed by atoms with van der Waals surface area (Å²) in [4.78, 5) is 4.06. The summed E-state index contributed by atoms with van der Waals surface area (Å²) < 4.78 is 4.97. The van der Waals surface area contributed by atoms with Gasteiger partial charge in [0.05, 0.1) is 12.6 Å². The van der Waals surface area contributed by atoms with E-state index in [2.05, 4.69) is 4.98 Å². The second-order valence-corrected chi connectivity index (χ2v) is 3.24. The summed E-state index contributed by atoms with van der Waals surface area (Å²) in [7, 11) is 1.50. The fourth-order valence-electron chi connectivity index (χ4n) is 1.28. The number of methoxy groups -OCH3 is 1. The largest absolute Gasteiger partial charge is 0.504 e.